The highest BCUT2D eigenvalue weighted by molar-refractivity contribution is 5.77. The molecule has 1 unspecified atom stereocenters. The fourth-order valence-corrected chi connectivity index (χ4v) is 1.86. The monoisotopic (exact) mass is 212 g/mol. The average molecular weight is 212 g/mol. The van der Waals surface area contributed by atoms with Crippen LogP contribution in [-0.2, 0) is 9.53 Å². The molecular weight excluding hydrogens is 192 g/mol. The van der Waals surface area contributed by atoms with Gasteiger partial charge in [0.1, 0.15) is 6.61 Å². The highest BCUT2D eigenvalue weighted by atomic mass is 16.5. The van der Waals surface area contributed by atoms with Gasteiger partial charge in [0.15, 0.2) is 0 Å². The minimum Gasteiger partial charge on any atom is -0.370 e. The fraction of sp³-hybridized carbons (Fsp3) is 0.909. The van der Waals surface area contributed by atoms with Gasteiger partial charge in [-0.3, -0.25) is 4.79 Å². The predicted molar refractivity (Wildman–Crippen MR) is 57.6 cm³/mol. The van der Waals surface area contributed by atoms with Crippen molar-refractivity contribution in [1.82, 2.24) is 10.6 Å². The van der Waals surface area contributed by atoms with Crippen molar-refractivity contribution in [3.8, 4) is 0 Å². The van der Waals surface area contributed by atoms with Crippen LogP contribution in [0.5, 0.6) is 0 Å². The molecule has 2 N–H and O–H groups in total. The maximum atomic E-state index is 11.3. The van der Waals surface area contributed by atoms with Crippen LogP contribution in [0, 0.1) is 0 Å². The van der Waals surface area contributed by atoms with E-state index < -0.39 is 0 Å². The maximum absolute atomic E-state index is 11.3. The summed E-state index contributed by atoms with van der Waals surface area (Å²) in [5, 5.41) is 6.30. The number of carbonyl (C=O) groups excluding carboxylic acids is 1. The lowest BCUT2D eigenvalue weighted by Gasteiger charge is -2.22. The first-order valence-electron chi connectivity index (χ1n) is 5.95. The second kappa shape index (κ2) is 5.47. The van der Waals surface area contributed by atoms with Gasteiger partial charge in [-0.1, -0.05) is 6.42 Å². The van der Waals surface area contributed by atoms with Gasteiger partial charge in [0.05, 0.1) is 6.61 Å². The van der Waals surface area contributed by atoms with E-state index in [-0.39, 0.29) is 12.5 Å². The Morgan fingerprint density at radius 2 is 2.20 bits per heavy atom. The molecule has 15 heavy (non-hydrogen) atoms. The van der Waals surface area contributed by atoms with Crippen LogP contribution in [0.15, 0.2) is 0 Å². The predicted octanol–water partition coefficient (Wildman–Crippen LogP) is 0.424. The minimum atomic E-state index is 0.0355. The Morgan fingerprint density at radius 1 is 1.33 bits per heavy atom. The molecule has 1 amide bonds. The third-order valence-corrected chi connectivity index (χ3v) is 2.91. The normalized spacial score (nSPS) is 26.3. The van der Waals surface area contributed by atoms with Crippen molar-refractivity contribution in [3.63, 3.8) is 0 Å². The van der Waals surface area contributed by atoms with Crippen LogP contribution < -0.4 is 10.6 Å². The quantitative estimate of drug-likeness (QED) is 0.694. The SMILES string of the molecule is O=C(COCC1CCCCN1)NC1CC1. The number of hydrogen-bond donors (Lipinski definition) is 2. The van der Waals surface area contributed by atoms with E-state index in [9.17, 15) is 4.79 Å². The van der Waals surface area contributed by atoms with Gasteiger partial charge < -0.3 is 15.4 Å². The van der Waals surface area contributed by atoms with Gasteiger partial charge in [-0.2, -0.15) is 0 Å². The summed E-state index contributed by atoms with van der Waals surface area (Å²) in [5.74, 6) is 0.0355. The van der Waals surface area contributed by atoms with Crippen molar-refractivity contribution in [3.05, 3.63) is 0 Å². The highest BCUT2D eigenvalue weighted by Gasteiger charge is 2.23. The molecule has 4 nitrogen and oxygen atoms in total. The van der Waals surface area contributed by atoms with Crippen LogP contribution in [0.3, 0.4) is 0 Å². The van der Waals surface area contributed by atoms with Crippen molar-refractivity contribution < 1.29 is 9.53 Å². The molecule has 2 fully saturated rings. The Labute approximate surface area is 90.8 Å². The lowest BCUT2D eigenvalue weighted by Crippen LogP contribution is -2.39. The van der Waals surface area contributed by atoms with E-state index in [0.717, 1.165) is 19.4 Å². The molecule has 4 heteroatoms. The van der Waals surface area contributed by atoms with E-state index in [1.807, 2.05) is 0 Å². The molecule has 0 radical (unpaired) electrons. The summed E-state index contributed by atoms with van der Waals surface area (Å²) in [6.45, 7) is 1.97. The maximum Gasteiger partial charge on any atom is 0.246 e. The zero-order chi connectivity index (χ0) is 10.5. The fourth-order valence-electron chi connectivity index (χ4n) is 1.86. The van der Waals surface area contributed by atoms with Gasteiger partial charge >= 0.3 is 0 Å². The van der Waals surface area contributed by atoms with E-state index in [4.69, 9.17) is 4.74 Å². The van der Waals surface area contributed by atoms with Crippen LogP contribution in [-0.4, -0.2) is 37.7 Å². The molecule has 1 saturated carbocycles. The summed E-state index contributed by atoms with van der Waals surface area (Å²) >= 11 is 0. The first kappa shape index (κ1) is 10.9. The van der Waals surface area contributed by atoms with Crippen LogP contribution in [0.25, 0.3) is 0 Å². The third-order valence-electron chi connectivity index (χ3n) is 2.91. The van der Waals surface area contributed by atoms with Crippen molar-refractivity contribution in [2.45, 2.75) is 44.2 Å². The van der Waals surface area contributed by atoms with Crippen molar-refractivity contribution in [2.75, 3.05) is 19.8 Å². The first-order valence-corrected chi connectivity index (χ1v) is 5.95. The summed E-state index contributed by atoms with van der Waals surface area (Å²) < 4.78 is 5.39. The van der Waals surface area contributed by atoms with E-state index >= 15 is 0 Å². The van der Waals surface area contributed by atoms with Gasteiger partial charge in [0.2, 0.25) is 5.91 Å². The molecule has 2 rings (SSSR count). The Balaban J connectivity index is 1.51. The molecule has 1 saturated heterocycles. The van der Waals surface area contributed by atoms with Gasteiger partial charge in [-0.05, 0) is 32.2 Å². The molecule has 86 valence electrons. The van der Waals surface area contributed by atoms with Gasteiger partial charge in [0, 0.05) is 12.1 Å². The zero-order valence-electron chi connectivity index (χ0n) is 9.13. The Morgan fingerprint density at radius 3 is 2.87 bits per heavy atom. The second-order valence-electron chi connectivity index (χ2n) is 4.50. The first-order chi connectivity index (χ1) is 7.34. The molecule has 0 bridgehead atoms. The number of hydrogen-bond acceptors (Lipinski definition) is 3. The van der Waals surface area contributed by atoms with Crippen molar-refractivity contribution in [2.24, 2.45) is 0 Å². The average Bonchev–Trinajstić information content (AvgIpc) is 3.03. The van der Waals surface area contributed by atoms with E-state index in [0.29, 0.717) is 18.7 Å². The van der Waals surface area contributed by atoms with Gasteiger partial charge in [-0.15, -0.1) is 0 Å². The highest BCUT2D eigenvalue weighted by Crippen LogP contribution is 2.18. The number of carbonyl (C=O) groups is 1. The lowest BCUT2D eigenvalue weighted by atomic mass is 10.1. The van der Waals surface area contributed by atoms with E-state index in [1.54, 1.807) is 0 Å². The zero-order valence-corrected chi connectivity index (χ0v) is 9.13. The summed E-state index contributed by atoms with van der Waals surface area (Å²) in [5.41, 5.74) is 0. The lowest BCUT2D eigenvalue weighted by molar-refractivity contribution is -0.126. The summed E-state index contributed by atoms with van der Waals surface area (Å²) in [6, 6.07) is 0.890. The second-order valence-corrected chi connectivity index (χ2v) is 4.50. The number of nitrogens with one attached hydrogen (secondary N) is 2. The van der Waals surface area contributed by atoms with E-state index in [1.165, 1.54) is 19.3 Å². The summed E-state index contributed by atoms with van der Waals surface area (Å²) in [4.78, 5) is 11.3. The van der Waals surface area contributed by atoms with Crippen LogP contribution in [0.4, 0.5) is 0 Å². The molecule has 2 aliphatic rings. The van der Waals surface area contributed by atoms with E-state index in [2.05, 4.69) is 10.6 Å². The number of rotatable bonds is 5. The van der Waals surface area contributed by atoms with Gasteiger partial charge in [-0.25, -0.2) is 0 Å². The molecular formula is C11H20N2O2. The molecule has 0 aromatic heterocycles. The van der Waals surface area contributed by atoms with Gasteiger partial charge in [0.25, 0.3) is 0 Å². The topological polar surface area (TPSA) is 50.4 Å². The molecule has 1 heterocycles. The Hall–Kier alpha value is -0.610. The number of amides is 1. The van der Waals surface area contributed by atoms with Crippen LogP contribution in [0.1, 0.15) is 32.1 Å². The Bertz CT molecular complexity index is 211. The summed E-state index contributed by atoms with van der Waals surface area (Å²) in [7, 11) is 0. The molecule has 0 aromatic rings. The molecule has 1 aliphatic carbocycles. The standard InChI is InChI=1S/C11H20N2O2/c14-11(13-9-4-5-9)8-15-7-10-3-1-2-6-12-10/h9-10,12H,1-8H2,(H,13,14). The number of ether oxygens (including phenoxy) is 1. The molecule has 0 aromatic carbocycles. The third kappa shape index (κ3) is 4.18. The Kier molecular flexibility index (Phi) is 3.97. The summed E-state index contributed by atoms with van der Waals surface area (Å²) in [6.07, 6.45) is 5.98. The minimum absolute atomic E-state index is 0.0355. The molecule has 0 spiro atoms. The van der Waals surface area contributed by atoms with Crippen LogP contribution >= 0.6 is 0 Å². The largest absolute Gasteiger partial charge is 0.370 e. The van der Waals surface area contributed by atoms with Crippen LogP contribution in [0.2, 0.25) is 0 Å². The molecule has 1 atom stereocenters. The van der Waals surface area contributed by atoms with Crippen molar-refractivity contribution >= 4 is 5.91 Å². The smallest absolute Gasteiger partial charge is 0.246 e. The number of piperidine rings is 1. The van der Waals surface area contributed by atoms with Crippen molar-refractivity contribution in [1.29, 1.82) is 0 Å². The molecule has 1 aliphatic heterocycles.